The van der Waals surface area contributed by atoms with Gasteiger partial charge in [0, 0.05) is 0 Å². The van der Waals surface area contributed by atoms with Crippen molar-refractivity contribution in [2.24, 2.45) is 0 Å². The smallest absolute Gasteiger partial charge is 0.656 e. The molecule has 14 nitrogen and oxygen atoms in total. The van der Waals surface area contributed by atoms with Gasteiger partial charge in [0.05, 0.1) is 0 Å². The quantitative estimate of drug-likeness (QED) is 0.0589. The summed E-state index contributed by atoms with van der Waals surface area (Å²) in [5.74, 6) is 2.59. The van der Waals surface area contributed by atoms with E-state index in [1.54, 1.807) is 36.5 Å². The standard InChI is InChI=1S/C56H46N8O6.2Cu/c1-7-29-65-51-39-17-13-35(57-39)36-14-18-40(58-36)52(66-30-8-2)45-23-27-49(63-45)56(70-34-12-6)50-28-24-46(64-50)54(68-32-10-4)42-20-16-38(60-42)37-15-19-41(59-37)53(67-31-9-3)44-22-26-48(62-44)55(69-33-11-5)47-25-21-43(51)61-47;;/h7-28H,1-6,29-34H2;;/q-4;2*+2. The first kappa shape index (κ1) is 51.6. The minimum Gasteiger partial charge on any atom is -0.656 e. The van der Waals surface area contributed by atoms with Gasteiger partial charge in [0.2, 0.25) is 0 Å². The second-order valence-corrected chi connectivity index (χ2v) is 15.3. The maximum Gasteiger partial charge on any atom is 2.00 e. The average Bonchev–Trinajstić information content (AvgIpc) is 4.22. The van der Waals surface area contributed by atoms with Crippen LogP contribution in [0.15, 0.2) is 124 Å². The van der Waals surface area contributed by atoms with Crippen LogP contribution in [-0.4, -0.2) is 59.6 Å². The summed E-state index contributed by atoms with van der Waals surface area (Å²) < 4.78 is 37.5. The Morgan fingerprint density at radius 2 is 0.444 bits per heavy atom. The number of ether oxygens (including phenoxy) is 6. The maximum absolute atomic E-state index is 6.26. The van der Waals surface area contributed by atoms with Crippen molar-refractivity contribution in [1.82, 2.24) is 39.9 Å². The Morgan fingerprint density at radius 1 is 0.278 bits per heavy atom. The van der Waals surface area contributed by atoms with Gasteiger partial charge in [-0.05, 0) is 48.6 Å². The summed E-state index contributed by atoms with van der Waals surface area (Å²) in [5.41, 5.74) is 8.72. The van der Waals surface area contributed by atoms with Crippen molar-refractivity contribution in [2.45, 2.75) is 0 Å². The molecule has 9 heterocycles. The van der Waals surface area contributed by atoms with Crippen molar-refractivity contribution < 1.29 is 62.6 Å². The third-order valence-corrected chi connectivity index (χ3v) is 10.5. The van der Waals surface area contributed by atoms with Crippen LogP contribution in [0.2, 0.25) is 0 Å². The van der Waals surface area contributed by atoms with Gasteiger partial charge in [-0.25, -0.2) is 19.9 Å². The van der Waals surface area contributed by atoms with Gasteiger partial charge in [0.25, 0.3) is 0 Å². The number of rotatable bonds is 18. The van der Waals surface area contributed by atoms with Crippen LogP contribution in [0.4, 0.5) is 0 Å². The van der Waals surface area contributed by atoms with Crippen LogP contribution in [0, 0.1) is 0 Å². The Kier molecular flexibility index (Phi) is 17.2. The molecule has 368 valence electrons. The molecule has 0 fully saturated rings. The van der Waals surface area contributed by atoms with E-state index in [0.717, 1.165) is 0 Å². The van der Waals surface area contributed by atoms with E-state index in [0.29, 0.717) is 124 Å². The average molecular weight is 1050 g/mol. The molecular weight excluding hydrogens is 1010 g/mol. The summed E-state index contributed by atoms with van der Waals surface area (Å²) in [4.78, 5) is 39.8. The molecule has 4 aliphatic heterocycles. The summed E-state index contributed by atoms with van der Waals surface area (Å²) in [6.45, 7) is 24.4. The molecular formula is C56H46Cu2N8O6. The molecule has 0 spiro atoms. The van der Waals surface area contributed by atoms with E-state index in [9.17, 15) is 0 Å². The minimum absolute atomic E-state index is 0. The molecule has 9 rings (SSSR count). The number of hydrogen-bond acceptors (Lipinski definition) is 10. The molecule has 0 unspecified atom stereocenters. The fourth-order valence-corrected chi connectivity index (χ4v) is 7.51. The number of aromatic nitrogens is 8. The molecule has 0 N–H and O–H groups in total. The fourth-order valence-electron chi connectivity index (χ4n) is 7.51. The van der Waals surface area contributed by atoms with Gasteiger partial charge in [-0.1, -0.05) is 147 Å². The Bertz CT molecular complexity index is 3060. The van der Waals surface area contributed by atoms with Crippen molar-refractivity contribution in [1.29, 1.82) is 0 Å². The number of nitrogens with zero attached hydrogens (tertiary/aromatic N) is 8. The van der Waals surface area contributed by atoms with Crippen LogP contribution in [0.3, 0.4) is 0 Å². The molecule has 16 bridgehead atoms. The molecule has 5 aromatic heterocycles. The molecule has 2 radical (unpaired) electrons. The zero-order chi connectivity index (χ0) is 48.4. The Balaban J connectivity index is 0.00000380. The van der Waals surface area contributed by atoms with E-state index in [-0.39, 0.29) is 73.8 Å². The van der Waals surface area contributed by atoms with E-state index in [1.165, 1.54) is 0 Å². The molecule has 0 amide bonds. The first-order chi connectivity index (χ1) is 34.4. The fraction of sp³-hybridized carbons (Fsp3) is 0.107. The van der Waals surface area contributed by atoms with Gasteiger partial charge in [0.1, 0.15) is 108 Å². The molecule has 72 heavy (non-hydrogen) atoms. The van der Waals surface area contributed by atoms with Crippen molar-refractivity contribution in [3.63, 3.8) is 0 Å². The zero-order valence-electron chi connectivity index (χ0n) is 38.8. The van der Waals surface area contributed by atoms with Gasteiger partial charge in [-0.15, -0.1) is 0 Å². The van der Waals surface area contributed by atoms with Crippen LogP contribution in [0.25, 0.3) is 92.7 Å². The van der Waals surface area contributed by atoms with Gasteiger partial charge in [-0.2, -0.15) is 22.1 Å². The molecule has 4 aliphatic rings. The number of fused-ring (bicyclic) bond motifs is 18. The van der Waals surface area contributed by atoms with E-state index in [1.807, 2.05) is 97.1 Å². The summed E-state index contributed by atoms with van der Waals surface area (Å²) in [5, 5.41) is 0. The first-order valence-electron chi connectivity index (χ1n) is 22.2. The Morgan fingerprint density at radius 3 is 0.639 bits per heavy atom. The van der Waals surface area contributed by atoms with Gasteiger partial charge < -0.3 is 48.4 Å². The molecule has 0 saturated heterocycles. The zero-order valence-corrected chi connectivity index (χ0v) is 40.7. The maximum atomic E-state index is 6.26. The summed E-state index contributed by atoms with van der Waals surface area (Å²) >= 11 is 0. The van der Waals surface area contributed by atoms with Gasteiger partial charge >= 0.3 is 34.1 Å². The molecule has 16 heteroatoms. The molecule has 5 aromatic rings. The van der Waals surface area contributed by atoms with Gasteiger partial charge in [-0.3, -0.25) is 0 Å². The topological polar surface area (TPSA) is 163 Å². The summed E-state index contributed by atoms with van der Waals surface area (Å²) in [6.07, 6.45) is 24.7. The number of hydrogen-bond donors (Lipinski definition) is 0. The largest absolute Gasteiger partial charge is 2.00 e. The second-order valence-electron chi connectivity index (χ2n) is 15.3. The van der Waals surface area contributed by atoms with Crippen LogP contribution in [-0.2, 0) is 34.1 Å². The molecule has 0 aliphatic carbocycles. The van der Waals surface area contributed by atoms with Gasteiger partial charge in [0.15, 0.2) is 11.5 Å². The van der Waals surface area contributed by atoms with Crippen LogP contribution in [0.1, 0.15) is 45.6 Å². The van der Waals surface area contributed by atoms with E-state index < -0.39 is 0 Å². The predicted molar refractivity (Wildman–Crippen MR) is 279 cm³/mol. The third-order valence-electron chi connectivity index (χ3n) is 10.5. The van der Waals surface area contributed by atoms with Crippen molar-refractivity contribution in [3.8, 4) is 34.5 Å². The third kappa shape index (κ3) is 11.0. The van der Waals surface area contributed by atoms with Crippen molar-refractivity contribution in [3.05, 3.63) is 170 Å². The first-order valence-corrected chi connectivity index (χ1v) is 22.2. The Labute approximate surface area is 437 Å². The predicted octanol–water partition coefficient (Wildman–Crippen LogP) is 10.6. The van der Waals surface area contributed by atoms with E-state index in [4.69, 9.17) is 68.3 Å². The van der Waals surface area contributed by atoms with Crippen LogP contribution in [0.5, 0.6) is 34.5 Å². The SMILES string of the molecule is C=CCOc1c2nc(c(OCC=C)c3ccc([n-]3)c3ccc([n-]3)c(OCC=C)c3nc(c(OCC=C)c4nc(c(OCC=C)c5ccc([n-]5)c5ccc([n-]5)c(OCC=C)c5nc1C=C5)C=C4)C=C3)C=C2.[Cu+2].[Cu+2]. The Hall–Kier alpha value is -8.26. The van der Waals surface area contributed by atoms with Crippen LogP contribution >= 0.6 is 0 Å². The van der Waals surface area contributed by atoms with E-state index in [2.05, 4.69) is 39.5 Å². The van der Waals surface area contributed by atoms with Crippen molar-refractivity contribution >= 4 is 92.7 Å². The molecule has 0 aromatic carbocycles. The minimum atomic E-state index is 0. The summed E-state index contributed by atoms with van der Waals surface area (Å²) in [7, 11) is 0. The normalized spacial score (nSPS) is 11.6. The molecule has 0 saturated carbocycles. The monoisotopic (exact) mass is 1050 g/mol. The summed E-state index contributed by atoms with van der Waals surface area (Å²) in [6, 6.07) is 14.9. The van der Waals surface area contributed by atoms with Crippen molar-refractivity contribution in [2.75, 3.05) is 39.6 Å². The van der Waals surface area contributed by atoms with E-state index >= 15 is 0 Å². The van der Waals surface area contributed by atoms with Crippen LogP contribution < -0.4 is 48.4 Å². The second kappa shape index (κ2) is 24.0. The molecule has 0 atom stereocenters.